The third kappa shape index (κ3) is 1.57. The summed E-state index contributed by atoms with van der Waals surface area (Å²) in [5.74, 6) is 0. The van der Waals surface area contributed by atoms with E-state index in [1.54, 1.807) is 0 Å². The Labute approximate surface area is 96.4 Å². The van der Waals surface area contributed by atoms with Crippen LogP contribution in [-0.2, 0) is 19.4 Å². The Morgan fingerprint density at radius 1 is 1.38 bits per heavy atom. The highest BCUT2D eigenvalue weighted by Gasteiger charge is 2.25. The van der Waals surface area contributed by atoms with Crippen LogP contribution in [0.25, 0.3) is 0 Å². The largest absolute Gasteiger partial charge is 0.315 e. The zero-order valence-electron chi connectivity index (χ0n) is 9.92. The Hall–Kier alpha value is -0.870. The summed E-state index contributed by atoms with van der Waals surface area (Å²) in [4.78, 5) is 0. The van der Waals surface area contributed by atoms with Crippen LogP contribution in [0.15, 0.2) is 0 Å². The molecule has 1 aromatic rings. The number of fused-ring (bicyclic) bond motifs is 1. The fourth-order valence-corrected chi connectivity index (χ4v) is 2.89. The van der Waals surface area contributed by atoms with Crippen LogP contribution in [0, 0.1) is 0 Å². The number of rotatable bonds is 2. The molecule has 4 heteroatoms. The molecule has 1 fully saturated rings. The van der Waals surface area contributed by atoms with Crippen molar-refractivity contribution >= 4 is 0 Å². The smallest absolute Gasteiger partial charge is 0.0659 e. The third-order valence-electron chi connectivity index (χ3n) is 3.76. The summed E-state index contributed by atoms with van der Waals surface area (Å²) in [6.07, 6.45) is 3.44. The van der Waals surface area contributed by atoms with Crippen LogP contribution in [0.4, 0.5) is 0 Å². The van der Waals surface area contributed by atoms with E-state index in [4.69, 9.17) is 5.10 Å². The zero-order valence-corrected chi connectivity index (χ0v) is 9.92. The van der Waals surface area contributed by atoms with Crippen molar-refractivity contribution in [3.05, 3.63) is 17.0 Å². The molecule has 0 aliphatic carbocycles. The van der Waals surface area contributed by atoms with Crippen LogP contribution in [0.3, 0.4) is 0 Å². The first-order valence-electron chi connectivity index (χ1n) is 6.40. The fraction of sp³-hybridized carbons (Fsp3) is 0.750. The molecule has 0 bridgehead atoms. The molecule has 2 aliphatic rings. The van der Waals surface area contributed by atoms with Crippen molar-refractivity contribution in [3.63, 3.8) is 0 Å². The summed E-state index contributed by atoms with van der Waals surface area (Å²) in [5, 5.41) is 11.7. The molecule has 3 rings (SSSR count). The molecule has 2 N–H and O–H groups in total. The standard InChI is InChI=1S/C12H20N4/c1-2-11-10-4-6-14-8-12(10)16(15-11)9-3-5-13-7-9/h9,13-14H,2-8H2,1H3. The predicted molar refractivity (Wildman–Crippen MR) is 63.5 cm³/mol. The van der Waals surface area contributed by atoms with Gasteiger partial charge in [-0.1, -0.05) is 6.92 Å². The van der Waals surface area contributed by atoms with Crippen LogP contribution >= 0.6 is 0 Å². The highest BCUT2D eigenvalue weighted by molar-refractivity contribution is 5.29. The van der Waals surface area contributed by atoms with Crippen molar-refractivity contribution in [2.24, 2.45) is 0 Å². The molecule has 1 atom stereocenters. The van der Waals surface area contributed by atoms with Gasteiger partial charge in [-0.2, -0.15) is 5.10 Å². The summed E-state index contributed by atoms with van der Waals surface area (Å²) in [6, 6.07) is 0.578. The molecular weight excluding hydrogens is 200 g/mol. The van der Waals surface area contributed by atoms with E-state index in [0.717, 1.165) is 39.0 Å². The van der Waals surface area contributed by atoms with Gasteiger partial charge in [0.2, 0.25) is 0 Å². The van der Waals surface area contributed by atoms with Gasteiger partial charge in [0.25, 0.3) is 0 Å². The molecule has 88 valence electrons. The highest BCUT2D eigenvalue weighted by atomic mass is 15.3. The normalized spacial score (nSPS) is 24.7. The summed E-state index contributed by atoms with van der Waals surface area (Å²) in [7, 11) is 0. The molecule has 1 unspecified atom stereocenters. The number of aromatic nitrogens is 2. The maximum Gasteiger partial charge on any atom is 0.0659 e. The maximum atomic E-state index is 4.83. The van der Waals surface area contributed by atoms with Gasteiger partial charge >= 0.3 is 0 Å². The van der Waals surface area contributed by atoms with E-state index >= 15 is 0 Å². The lowest BCUT2D eigenvalue weighted by Crippen LogP contribution is -2.27. The van der Waals surface area contributed by atoms with E-state index < -0.39 is 0 Å². The van der Waals surface area contributed by atoms with Gasteiger partial charge in [0.1, 0.15) is 0 Å². The van der Waals surface area contributed by atoms with Gasteiger partial charge < -0.3 is 10.6 Å². The SMILES string of the molecule is CCc1nn(C2CCNC2)c2c1CCNC2. The minimum atomic E-state index is 0.578. The molecule has 0 amide bonds. The predicted octanol–water partition coefficient (Wildman–Crippen LogP) is 0.626. The van der Waals surface area contributed by atoms with Crippen molar-refractivity contribution in [1.82, 2.24) is 20.4 Å². The molecule has 0 radical (unpaired) electrons. The molecule has 1 saturated heterocycles. The number of hydrogen-bond donors (Lipinski definition) is 2. The van der Waals surface area contributed by atoms with Crippen LogP contribution in [0.5, 0.6) is 0 Å². The average molecular weight is 220 g/mol. The maximum absolute atomic E-state index is 4.83. The Morgan fingerprint density at radius 2 is 2.31 bits per heavy atom. The van der Waals surface area contributed by atoms with E-state index in [2.05, 4.69) is 22.2 Å². The van der Waals surface area contributed by atoms with Crippen LogP contribution in [-0.4, -0.2) is 29.4 Å². The molecule has 2 aliphatic heterocycles. The topological polar surface area (TPSA) is 41.9 Å². The zero-order chi connectivity index (χ0) is 11.0. The molecule has 0 aromatic carbocycles. The van der Waals surface area contributed by atoms with Gasteiger partial charge in [-0.15, -0.1) is 0 Å². The van der Waals surface area contributed by atoms with E-state index in [1.807, 2.05) is 0 Å². The van der Waals surface area contributed by atoms with Gasteiger partial charge in [-0.25, -0.2) is 0 Å². The van der Waals surface area contributed by atoms with E-state index in [9.17, 15) is 0 Å². The summed E-state index contributed by atoms with van der Waals surface area (Å²) in [5.41, 5.74) is 4.29. The molecule has 1 aromatic heterocycles. The van der Waals surface area contributed by atoms with Crippen molar-refractivity contribution in [2.45, 2.75) is 38.8 Å². The second kappa shape index (κ2) is 4.18. The monoisotopic (exact) mass is 220 g/mol. The minimum Gasteiger partial charge on any atom is -0.315 e. The van der Waals surface area contributed by atoms with Crippen molar-refractivity contribution in [3.8, 4) is 0 Å². The van der Waals surface area contributed by atoms with Crippen molar-refractivity contribution in [2.75, 3.05) is 19.6 Å². The number of aryl methyl sites for hydroxylation is 1. The lowest BCUT2D eigenvalue weighted by atomic mass is 10.0. The molecule has 4 nitrogen and oxygen atoms in total. The lowest BCUT2D eigenvalue weighted by Gasteiger charge is -2.18. The summed E-state index contributed by atoms with van der Waals surface area (Å²) < 4.78 is 2.29. The van der Waals surface area contributed by atoms with Crippen LogP contribution in [0.1, 0.15) is 36.3 Å². The number of hydrogen-bond acceptors (Lipinski definition) is 3. The van der Waals surface area contributed by atoms with Crippen LogP contribution < -0.4 is 10.6 Å². The van der Waals surface area contributed by atoms with Gasteiger partial charge in [0.05, 0.1) is 17.4 Å². The Bertz CT molecular complexity index is 377. The van der Waals surface area contributed by atoms with Gasteiger partial charge in [0.15, 0.2) is 0 Å². The molecular formula is C12H20N4. The first kappa shape index (κ1) is 10.3. The minimum absolute atomic E-state index is 0.578. The van der Waals surface area contributed by atoms with Gasteiger partial charge in [0, 0.05) is 13.1 Å². The number of nitrogens with one attached hydrogen (secondary N) is 2. The third-order valence-corrected chi connectivity index (χ3v) is 3.76. The number of nitrogens with zero attached hydrogens (tertiary/aromatic N) is 2. The van der Waals surface area contributed by atoms with E-state index in [1.165, 1.54) is 23.4 Å². The second-order valence-corrected chi connectivity index (χ2v) is 4.74. The van der Waals surface area contributed by atoms with E-state index in [0.29, 0.717) is 6.04 Å². The van der Waals surface area contributed by atoms with Crippen molar-refractivity contribution < 1.29 is 0 Å². The Kier molecular flexibility index (Phi) is 2.69. The van der Waals surface area contributed by atoms with Crippen molar-refractivity contribution in [1.29, 1.82) is 0 Å². The second-order valence-electron chi connectivity index (χ2n) is 4.74. The Balaban J connectivity index is 2.00. The molecule has 0 saturated carbocycles. The highest BCUT2D eigenvalue weighted by Crippen LogP contribution is 2.24. The average Bonchev–Trinajstić information content (AvgIpc) is 2.95. The lowest BCUT2D eigenvalue weighted by molar-refractivity contribution is 0.454. The Morgan fingerprint density at radius 3 is 3.06 bits per heavy atom. The summed E-state index contributed by atoms with van der Waals surface area (Å²) in [6.45, 7) is 6.53. The quantitative estimate of drug-likeness (QED) is 0.768. The molecule has 3 heterocycles. The summed E-state index contributed by atoms with van der Waals surface area (Å²) >= 11 is 0. The molecule has 0 spiro atoms. The first-order valence-corrected chi connectivity index (χ1v) is 6.40. The van der Waals surface area contributed by atoms with Gasteiger partial charge in [-0.05, 0) is 37.9 Å². The molecule has 16 heavy (non-hydrogen) atoms. The first-order chi connectivity index (χ1) is 7.90. The van der Waals surface area contributed by atoms with E-state index in [-0.39, 0.29) is 0 Å². The van der Waals surface area contributed by atoms with Crippen LogP contribution in [0.2, 0.25) is 0 Å². The van der Waals surface area contributed by atoms with Gasteiger partial charge in [-0.3, -0.25) is 4.68 Å². The fourth-order valence-electron chi connectivity index (χ4n) is 2.89.